The number of fused-ring (bicyclic) bond motifs is 1. The third-order valence-corrected chi connectivity index (χ3v) is 6.45. The van der Waals surface area contributed by atoms with Gasteiger partial charge in [0.05, 0.1) is 42.1 Å². The standard InChI is InChI=1S/C24H26F2N4O3/c1-3-19(22-17(25)9-15(12-27)10-18(22)26)28-23(31)16-11-20(30-7-8-33-13-21(16)30)24(32)29-6-4-5-14(29)2/h9-11,14,19H,3-8,13H2,1-2H3,(H,28,31). The number of aromatic nitrogens is 1. The molecular formula is C24H26F2N4O3. The molecule has 7 nitrogen and oxygen atoms in total. The van der Waals surface area contributed by atoms with Gasteiger partial charge in [0.25, 0.3) is 11.8 Å². The molecule has 2 aliphatic heterocycles. The molecule has 0 aliphatic carbocycles. The second-order valence-corrected chi connectivity index (χ2v) is 8.48. The van der Waals surface area contributed by atoms with Gasteiger partial charge in [0.1, 0.15) is 17.3 Å². The fourth-order valence-electron chi connectivity index (χ4n) is 4.68. The Morgan fingerprint density at radius 3 is 2.61 bits per heavy atom. The number of nitrogens with one attached hydrogen (secondary N) is 1. The number of nitrogens with zero attached hydrogens (tertiary/aromatic N) is 3. The lowest BCUT2D eigenvalue weighted by Gasteiger charge is -2.24. The number of amides is 2. The minimum Gasteiger partial charge on any atom is -0.373 e. The monoisotopic (exact) mass is 456 g/mol. The Hall–Kier alpha value is -3.25. The SMILES string of the molecule is CCC(NC(=O)c1cc(C(=O)N2CCCC2C)n2c1COCC2)c1c(F)cc(C#N)cc1F. The molecule has 2 amide bonds. The van der Waals surface area contributed by atoms with Crippen molar-refractivity contribution < 1.29 is 23.1 Å². The highest BCUT2D eigenvalue weighted by Crippen LogP contribution is 2.28. The van der Waals surface area contributed by atoms with Gasteiger partial charge in [-0.2, -0.15) is 5.26 Å². The maximum absolute atomic E-state index is 14.6. The number of hydrogen-bond donors (Lipinski definition) is 1. The number of halogens is 2. The van der Waals surface area contributed by atoms with Crippen molar-refractivity contribution in [3.63, 3.8) is 0 Å². The van der Waals surface area contributed by atoms with Gasteiger partial charge in [0.15, 0.2) is 0 Å². The van der Waals surface area contributed by atoms with Crippen molar-refractivity contribution in [2.45, 2.75) is 58.3 Å². The molecule has 2 aromatic rings. The van der Waals surface area contributed by atoms with Crippen LogP contribution in [0.1, 0.15) is 76.8 Å². The Morgan fingerprint density at radius 2 is 2.00 bits per heavy atom. The van der Waals surface area contributed by atoms with E-state index in [1.807, 2.05) is 16.4 Å². The first-order chi connectivity index (χ1) is 15.8. The molecule has 33 heavy (non-hydrogen) atoms. The largest absolute Gasteiger partial charge is 0.373 e. The van der Waals surface area contributed by atoms with Crippen molar-refractivity contribution in [3.8, 4) is 6.07 Å². The minimum atomic E-state index is -0.942. The number of likely N-dealkylation sites (tertiary alicyclic amines) is 1. The molecule has 3 heterocycles. The van der Waals surface area contributed by atoms with Crippen molar-refractivity contribution in [3.05, 3.63) is 57.9 Å². The summed E-state index contributed by atoms with van der Waals surface area (Å²) >= 11 is 0. The fraction of sp³-hybridized carbons (Fsp3) is 0.458. The van der Waals surface area contributed by atoms with Gasteiger partial charge in [-0.25, -0.2) is 8.78 Å². The van der Waals surface area contributed by atoms with E-state index >= 15 is 0 Å². The molecule has 2 unspecified atom stereocenters. The Labute approximate surface area is 190 Å². The van der Waals surface area contributed by atoms with Crippen molar-refractivity contribution >= 4 is 11.8 Å². The zero-order chi connectivity index (χ0) is 23.7. The highest BCUT2D eigenvalue weighted by Gasteiger charge is 2.33. The van der Waals surface area contributed by atoms with Gasteiger partial charge in [0.2, 0.25) is 0 Å². The summed E-state index contributed by atoms with van der Waals surface area (Å²) in [5, 5.41) is 11.6. The molecule has 2 aliphatic rings. The second kappa shape index (κ2) is 9.32. The molecule has 0 saturated carbocycles. The van der Waals surface area contributed by atoms with Crippen LogP contribution in [0.4, 0.5) is 8.78 Å². The minimum absolute atomic E-state index is 0.126. The van der Waals surface area contributed by atoms with E-state index in [-0.39, 0.29) is 41.7 Å². The Morgan fingerprint density at radius 1 is 1.27 bits per heavy atom. The quantitative estimate of drug-likeness (QED) is 0.744. The normalized spacial score (nSPS) is 18.5. The van der Waals surface area contributed by atoms with Crippen LogP contribution in [0.3, 0.4) is 0 Å². The van der Waals surface area contributed by atoms with E-state index in [2.05, 4.69) is 5.32 Å². The van der Waals surface area contributed by atoms with Gasteiger partial charge in [-0.15, -0.1) is 0 Å². The van der Waals surface area contributed by atoms with Crippen LogP contribution < -0.4 is 5.32 Å². The number of carbonyl (C=O) groups excluding carboxylic acids is 2. The van der Waals surface area contributed by atoms with Crippen LogP contribution in [0.5, 0.6) is 0 Å². The summed E-state index contributed by atoms with van der Waals surface area (Å²) in [6, 6.07) is 4.37. The first kappa shape index (κ1) is 22.9. The van der Waals surface area contributed by atoms with Crippen LogP contribution in [-0.4, -0.2) is 40.5 Å². The van der Waals surface area contributed by atoms with Gasteiger partial charge in [-0.3, -0.25) is 9.59 Å². The van der Waals surface area contributed by atoms with E-state index in [9.17, 15) is 18.4 Å². The third kappa shape index (κ3) is 4.23. The molecule has 174 valence electrons. The number of carbonyl (C=O) groups is 2. The van der Waals surface area contributed by atoms with E-state index in [1.165, 1.54) is 0 Å². The fourth-order valence-corrected chi connectivity index (χ4v) is 4.68. The lowest BCUT2D eigenvalue weighted by Crippen LogP contribution is -2.35. The summed E-state index contributed by atoms with van der Waals surface area (Å²) in [6.45, 7) is 5.42. The molecule has 9 heteroatoms. The van der Waals surface area contributed by atoms with Gasteiger partial charge in [-0.1, -0.05) is 6.92 Å². The van der Waals surface area contributed by atoms with Crippen LogP contribution in [0, 0.1) is 23.0 Å². The first-order valence-corrected chi connectivity index (χ1v) is 11.2. The molecule has 1 aromatic carbocycles. The van der Waals surface area contributed by atoms with E-state index < -0.39 is 23.6 Å². The smallest absolute Gasteiger partial charge is 0.270 e. The Kier molecular flexibility index (Phi) is 6.47. The molecule has 1 saturated heterocycles. The third-order valence-electron chi connectivity index (χ3n) is 6.45. The molecule has 1 N–H and O–H groups in total. The number of benzene rings is 1. The molecular weight excluding hydrogens is 430 g/mol. The molecule has 4 rings (SSSR count). The Bertz CT molecular complexity index is 1110. The van der Waals surface area contributed by atoms with Crippen LogP contribution in [0.15, 0.2) is 18.2 Å². The van der Waals surface area contributed by atoms with Gasteiger partial charge >= 0.3 is 0 Å². The molecule has 1 aromatic heterocycles. The maximum Gasteiger partial charge on any atom is 0.270 e. The van der Waals surface area contributed by atoms with E-state index in [0.717, 1.165) is 25.0 Å². The zero-order valence-corrected chi connectivity index (χ0v) is 18.7. The molecule has 0 bridgehead atoms. The molecule has 2 atom stereocenters. The summed E-state index contributed by atoms with van der Waals surface area (Å²) in [6.07, 6.45) is 2.11. The van der Waals surface area contributed by atoms with Crippen LogP contribution >= 0.6 is 0 Å². The number of ether oxygens (including phenoxy) is 1. The zero-order valence-electron chi connectivity index (χ0n) is 18.7. The second-order valence-electron chi connectivity index (χ2n) is 8.48. The van der Waals surface area contributed by atoms with Crippen molar-refractivity contribution in [1.82, 2.24) is 14.8 Å². The van der Waals surface area contributed by atoms with Gasteiger partial charge < -0.3 is 19.5 Å². The highest BCUT2D eigenvalue weighted by atomic mass is 19.1. The maximum atomic E-state index is 14.6. The van der Waals surface area contributed by atoms with E-state index in [1.54, 1.807) is 19.1 Å². The highest BCUT2D eigenvalue weighted by molar-refractivity contribution is 6.01. The average Bonchev–Trinajstić information content (AvgIpc) is 3.41. The van der Waals surface area contributed by atoms with Gasteiger partial charge in [0, 0.05) is 24.7 Å². The predicted molar refractivity (Wildman–Crippen MR) is 115 cm³/mol. The Balaban J connectivity index is 1.65. The first-order valence-electron chi connectivity index (χ1n) is 11.2. The van der Waals surface area contributed by atoms with Crippen LogP contribution in [0.25, 0.3) is 0 Å². The summed E-state index contributed by atoms with van der Waals surface area (Å²) in [5.41, 5.74) is 0.836. The summed E-state index contributed by atoms with van der Waals surface area (Å²) in [5.74, 6) is -2.44. The topological polar surface area (TPSA) is 87.4 Å². The number of hydrogen-bond acceptors (Lipinski definition) is 4. The van der Waals surface area contributed by atoms with E-state index in [4.69, 9.17) is 10.00 Å². The summed E-state index contributed by atoms with van der Waals surface area (Å²) < 4.78 is 36.5. The van der Waals surface area contributed by atoms with Crippen molar-refractivity contribution in [2.24, 2.45) is 0 Å². The molecule has 0 spiro atoms. The van der Waals surface area contributed by atoms with Crippen LogP contribution in [0.2, 0.25) is 0 Å². The number of nitriles is 1. The summed E-state index contributed by atoms with van der Waals surface area (Å²) in [7, 11) is 0. The van der Waals surface area contributed by atoms with Crippen molar-refractivity contribution in [2.75, 3.05) is 13.2 Å². The van der Waals surface area contributed by atoms with Gasteiger partial charge in [-0.05, 0) is 44.4 Å². The average molecular weight is 456 g/mol. The van der Waals surface area contributed by atoms with Crippen LogP contribution in [-0.2, 0) is 17.9 Å². The molecule has 0 radical (unpaired) electrons. The molecule has 1 fully saturated rings. The summed E-state index contributed by atoms with van der Waals surface area (Å²) in [4.78, 5) is 28.3. The van der Waals surface area contributed by atoms with E-state index in [0.29, 0.717) is 31.1 Å². The lowest BCUT2D eigenvalue weighted by atomic mass is 10.0. The van der Waals surface area contributed by atoms with Crippen molar-refractivity contribution in [1.29, 1.82) is 5.26 Å². The number of rotatable bonds is 5. The lowest BCUT2D eigenvalue weighted by molar-refractivity contribution is 0.0683. The predicted octanol–water partition coefficient (Wildman–Crippen LogP) is 3.67.